The first-order chi connectivity index (χ1) is 16.7. The molecule has 0 aliphatic rings. The number of rotatable bonds is 12. The third kappa shape index (κ3) is 5.79. The number of carbonyl (C=O) groups excluding carboxylic acids is 1. The van der Waals surface area contributed by atoms with Gasteiger partial charge in [0.25, 0.3) is 0 Å². The Morgan fingerprint density at radius 1 is 1.06 bits per heavy atom. The Labute approximate surface area is 198 Å². The van der Waals surface area contributed by atoms with Crippen LogP contribution in [0.15, 0.2) is 53.1 Å². The highest BCUT2D eigenvalue weighted by atomic mass is 16.5. The minimum Gasteiger partial charge on any atom is -0.494 e. The lowest BCUT2D eigenvalue weighted by Gasteiger charge is -2.10. The van der Waals surface area contributed by atoms with Gasteiger partial charge in [-0.2, -0.15) is 4.98 Å². The Bertz CT molecular complexity index is 1220. The Balaban J connectivity index is 1.37. The third-order valence-corrected chi connectivity index (χ3v) is 5.24. The number of fused-ring (bicyclic) bond motifs is 1. The van der Waals surface area contributed by atoms with Gasteiger partial charge in [-0.25, -0.2) is 4.98 Å². The number of anilines is 1. The van der Waals surface area contributed by atoms with Gasteiger partial charge in [-0.05, 0) is 56.7 Å². The van der Waals surface area contributed by atoms with Crippen LogP contribution in [0, 0.1) is 0 Å². The van der Waals surface area contributed by atoms with Crippen molar-refractivity contribution in [2.24, 2.45) is 0 Å². The molecule has 4 aromatic rings. The molecule has 9 nitrogen and oxygen atoms in total. The van der Waals surface area contributed by atoms with Crippen LogP contribution < -0.4 is 10.1 Å². The number of carbonyl (C=O) groups is 1. The fraction of sp³-hybridized carbons (Fsp3) is 0.360. The molecule has 0 atom stereocenters. The summed E-state index contributed by atoms with van der Waals surface area (Å²) in [6, 6.07) is 15.3. The molecular weight excluding hydrogens is 434 g/mol. The number of ether oxygens (including phenoxy) is 2. The average molecular weight is 464 g/mol. The minimum absolute atomic E-state index is 0.165. The maximum atomic E-state index is 12.7. The van der Waals surface area contributed by atoms with Gasteiger partial charge in [-0.1, -0.05) is 17.3 Å². The Kier molecular flexibility index (Phi) is 7.87. The maximum Gasteiger partial charge on any atom is 0.227 e. The van der Waals surface area contributed by atoms with Crippen LogP contribution in [0.1, 0.15) is 32.6 Å². The number of nitrogens with zero attached hydrogens (tertiary/aromatic N) is 4. The number of nitrogens with one attached hydrogen (secondary N) is 1. The molecule has 2 heterocycles. The molecule has 0 aliphatic heterocycles. The van der Waals surface area contributed by atoms with E-state index in [9.17, 15) is 4.79 Å². The van der Waals surface area contributed by atoms with Gasteiger partial charge in [0.1, 0.15) is 5.75 Å². The molecule has 2 aromatic heterocycles. The first-order valence-corrected chi connectivity index (χ1v) is 11.6. The lowest BCUT2D eigenvalue weighted by Crippen LogP contribution is -2.17. The summed E-state index contributed by atoms with van der Waals surface area (Å²) in [6.07, 6.45) is 1.36. The van der Waals surface area contributed by atoms with E-state index in [0.717, 1.165) is 28.8 Å². The van der Waals surface area contributed by atoms with Crippen molar-refractivity contribution in [1.82, 2.24) is 19.7 Å². The van der Waals surface area contributed by atoms with Crippen LogP contribution in [-0.4, -0.2) is 45.4 Å². The van der Waals surface area contributed by atoms with Gasteiger partial charge in [0.15, 0.2) is 0 Å². The minimum atomic E-state index is -0.165. The molecule has 0 fully saturated rings. The zero-order valence-corrected chi connectivity index (χ0v) is 19.5. The van der Waals surface area contributed by atoms with Gasteiger partial charge < -0.3 is 18.6 Å². The van der Waals surface area contributed by atoms with Crippen LogP contribution in [0.25, 0.3) is 22.4 Å². The molecule has 4 rings (SSSR count). The topological polar surface area (TPSA) is 104 Å². The van der Waals surface area contributed by atoms with Crippen LogP contribution in [-0.2, 0) is 22.5 Å². The number of benzene rings is 2. The molecule has 178 valence electrons. The van der Waals surface area contributed by atoms with Crippen molar-refractivity contribution < 1.29 is 18.8 Å². The Morgan fingerprint density at radius 2 is 1.88 bits per heavy atom. The first kappa shape index (κ1) is 23.4. The van der Waals surface area contributed by atoms with E-state index in [1.807, 2.05) is 66.9 Å². The summed E-state index contributed by atoms with van der Waals surface area (Å²) < 4.78 is 18.3. The lowest BCUT2D eigenvalue weighted by atomic mass is 10.2. The predicted octanol–water partition coefficient (Wildman–Crippen LogP) is 4.48. The molecule has 0 saturated heterocycles. The van der Waals surface area contributed by atoms with Gasteiger partial charge >= 0.3 is 0 Å². The van der Waals surface area contributed by atoms with E-state index in [2.05, 4.69) is 20.4 Å². The number of hydrogen-bond acceptors (Lipinski definition) is 7. The van der Waals surface area contributed by atoms with E-state index >= 15 is 0 Å². The van der Waals surface area contributed by atoms with E-state index in [-0.39, 0.29) is 12.3 Å². The van der Waals surface area contributed by atoms with Crippen LogP contribution >= 0.6 is 0 Å². The van der Waals surface area contributed by atoms with Crippen molar-refractivity contribution >= 4 is 22.9 Å². The fourth-order valence-corrected chi connectivity index (χ4v) is 3.61. The molecule has 9 heteroatoms. The quantitative estimate of drug-likeness (QED) is 0.309. The van der Waals surface area contributed by atoms with E-state index in [1.165, 1.54) is 0 Å². The molecule has 34 heavy (non-hydrogen) atoms. The number of aryl methyl sites for hydroxylation is 2. The second kappa shape index (κ2) is 11.4. The predicted molar refractivity (Wildman–Crippen MR) is 129 cm³/mol. The summed E-state index contributed by atoms with van der Waals surface area (Å²) in [5.74, 6) is 2.04. The van der Waals surface area contributed by atoms with Gasteiger partial charge in [0, 0.05) is 38.2 Å². The van der Waals surface area contributed by atoms with Gasteiger partial charge in [0.2, 0.25) is 23.6 Å². The van der Waals surface area contributed by atoms with Crippen molar-refractivity contribution in [2.45, 2.75) is 39.7 Å². The van der Waals surface area contributed by atoms with Crippen molar-refractivity contribution in [3.05, 3.63) is 54.4 Å². The van der Waals surface area contributed by atoms with Crippen molar-refractivity contribution in [2.75, 3.05) is 25.1 Å². The van der Waals surface area contributed by atoms with Gasteiger partial charge in [0.05, 0.1) is 17.6 Å². The SMILES string of the molecule is CCOCCCn1c(NC(=O)CCc2nc(-c3ccc(OCC)cc3)no2)nc2ccccc21. The summed E-state index contributed by atoms with van der Waals surface area (Å²) in [5.41, 5.74) is 2.64. The molecule has 0 bridgehead atoms. The molecule has 0 spiro atoms. The number of hydrogen-bond donors (Lipinski definition) is 1. The van der Waals surface area contributed by atoms with Crippen LogP contribution in [0.5, 0.6) is 5.75 Å². The number of aromatic nitrogens is 4. The number of amides is 1. The van der Waals surface area contributed by atoms with Crippen LogP contribution in [0.3, 0.4) is 0 Å². The zero-order chi connectivity index (χ0) is 23.8. The Hall–Kier alpha value is -3.72. The van der Waals surface area contributed by atoms with Crippen LogP contribution in [0.2, 0.25) is 0 Å². The third-order valence-electron chi connectivity index (χ3n) is 5.24. The summed E-state index contributed by atoms with van der Waals surface area (Å²) >= 11 is 0. The average Bonchev–Trinajstić information content (AvgIpc) is 3.46. The largest absolute Gasteiger partial charge is 0.494 e. The molecular formula is C25H29N5O4. The molecule has 1 amide bonds. The number of imidazole rings is 1. The molecule has 0 aliphatic carbocycles. The second-order valence-electron chi connectivity index (χ2n) is 7.64. The van der Waals surface area contributed by atoms with E-state index in [4.69, 9.17) is 14.0 Å². The molecule has 1 N–H and O–H groups in total. The summed E-state index contributed by atoms with van der Waals surface area (Å²) in [6.45, 7) is 6.56. The highest BCUT2D eigenvalue weighted by Gasteiger charge is 2.15. The maximum absolute atomic E-state index is 12.7. The zero-order valence-electron chi connectivity index (χ0n) is 19.5. The van der Waals surface area contributed by atoms with Crippen molar-refractivity contribution in [1.29, 1.82) is 0 Å². The standard InChI is InChI=1S/C25H29N5O4/c1-3-32-17-7-16-30-21-9-6-5-8-20(21)26-25(30)27-22(31)14-15-23-28-24(29-34-23)18-10-12-19(13-11-18)33-4-2/h5-6,8-13H,3-4,7,14-17H2,1-2H3,(H,26,27,31). The fourth-order valence-electron chi connectivity index (χ4n) is 3.61. The van der Waals surface area contributed by atoms with Crippen molar-refractivity contribution in [3.8, 4) is 17.1 Å². The molecule has 0 radical (unpaired) electrons. The van der Waals surface area contributed by atoms with Crippen LogP contribution in [0.4, 0.5) is 5.95 Å². The molecule has 0 saturated carbocycles. The van der Waals surface area contributed by atoms with Crippen molar-refractivity contribution in [3.63, 3.8) is 0 Å². The lowest BCUT2D eigenvalue weighted by molar-refractivity contribution is -0.116. The van der Waals surface area contributed by atoms with E-state index in [1.54, 1.807) is 0 Å². The first-order valence-electron chi connectivity index (χ1n) is 11.6. The normalized spacial score (nSPS) is 11.1. The monoisotopic (exact) mass is 463 g/mol. The number of para-hydroxylation sites is 2. The van der Waals surface area contributed by atoms with Gasteiger partial charge in [-0.15, -0.1) is 0 Å². The van der Waals surface area contributed by atoms with E-state index < -0.39 is 0 Å². The second-order valence-corrected chi connectivity index (χ2v) is 7.64. The summed E-state index contributed by atoms with van der Waals surface area (Å²) in [4.78, 5) is 21.7. The molecule has 2 aromatic carbocycles. The summed E-state index contributed by atoms with van der Waals surface area (Å²) in [7, 11) is 0. The summed E-state index contributed by atoms with van der Waals surface area (Å²) in [5, 5.41) is 6.96. The highest BCUT2D eigenvalue weighted by molar-refractivity contribution is 5.91. The Morgan fingerprint density at radius 3 is 2.68 bits per heavy atom. The van der Waals surface area contributed by atoms with E-state index in [0.29, 0.717) is 50.4 Å². The smallest absolute Gasteiger partial charge is 0.227 e. The highest BCUT2D eigenvalue weighted by Crippen LogP contribution is 2.22. The molecule has 0 unspecified atom stereocenters. The van der Waals surface area contributed by atoms with Gasteiger partial charge in [-0.3, -0.25) is 10.1 Å².